The highest BCUT2D eigenvalue weighted by atomic mass is 16.5. The predicted octanol–water partition coefficient (Wildman–Crippen LogP) is 3.04. The Kier molecular flexibility index (Phi) is 6.33. The number of nitrogens with zero attached hydrogens (tertiary/aromatic N) is 1. The smallest absolute Gasteiger partial charge is 0.258 e. The molecule has 2 N–H and O–H groups in total. The number of carbonyl (C=O) groups excluding carboxylic acids is 2. The third-order valence-electron chi connectivity index (χ3n) is 5.78. The van der Waals surface area contributed by atoms with Crippen LogP contribution in [0.25, 0.3) is 0 Å². The molecule has 1 saturated heterocycles. The molecule has 0 atom stereocenters. The van der Waals surface area contributed by atoms with Crippen LogP contribution in [0.2, 0.25) is 0 Å². The zero-order chi connectivity index (χ0) is 20.9. The van der Waals surface area contributed by atoms with Crippen molar-refractivity contribution in [3.8, 4) is 5.75 Å². The summed E-state index contributed by atoms with van der Waals surface area (Å²) in [7, 11) is 0. The average Bonchev–Trinajstić information content (AvgIpc) is 2.74. The summed E-state index contributed by atoms with van der Waals surface area (Å²) >= 11 is 0. The van der Waals surface area contributed by atoms with Gasteiger partial charge in [-0.1, -0.05) is 29.8 Å². The number of amides is 2. The van der Waals surface area contributed by atoms with E-state index in [0.717, 1.165) is 43.7 Å². The summed E-state index contributed by atoms with van der Waals surface area (Å²) < 4.78 is 5.68. The minimum absolute atomic E-state index is 0.00858. The number of likely N-dealkylation sites (tertiary alicyclic amines) is 1. The van der Waals surface area contributed by atoms with E-state index in [-0.39, 0.29) is 24.5 Å². The molecule has 0 aliphatic carbocycles. The molecule has 6 heteroatoms. The zero-order valence-corrected chi connectivity index (χ0v) is 17.4. The van der Waals surface area contributed by atoms with Crippen LogP contribution < -0.4 is 15.4 Å². The maximum atomic E-state index is 12.3. The molecule has 4 rings (SSSR count). The van der Waals surface area contributed by atoms with Crippen LogP contribution in [0.4, 0.5) is 5.69 Å². The Hall–Kier alpha value is -2.86. The van der Waals surface area contributed by atoms with Gasteiger partial charge in [-0.25, -0.2) is 0 Å². The lowest BCUT2D eigenvalue weighted by molar-refractivity contribution is -0.124. The lowest BCUT2D eigenvalue weighted by Crippen LogP contribution is -2.45. The van der Waals surface area contributed by atoms with Gasteiger partial charge in [-0.05, 0) is 55.5 Å². The minimum Gasteiger partial charge on any atom is -0.484 e. The van der Waals surface area contributed by atoms with E-state index >= 15 is 0 Å². The van der Waals surface area contributed by atoms with Gasteiger partial charge in [0.05, 0.1) is 0 Å². The van der Waals surface area contributed by atoms with Crippen molar-refractivity contribution in [1.29, 1.82) is 0 Å². The van der Waals surface area contributed by atoms with Crippen molar-refractivity contribution in [1.82, 2.24) is 10.2 Å². The second-order valence-corrected chi connectivity index (χ2v) is 8.26. The van der Waals surface area contributed by atoms with Gasteiger partial charge in [0.1, 0.15) is 5.75 Å². The molecular formula is C24H29N3O3. The number of benzene rings is 2. The number of hydrogen-bond acceptors (Lipinski definition) is 4. The number of anilines is 1. The Labute approximate surface area is 177 Å². The Morgan fingerprint density at radius 2 is 2.00 bits per heavy atom. The Bertz CT molecular complexity index is 920. The van der Waals surface area contributed by atoms with Gasteiger partial charge in [0, 0.05) is 37.8 Å². The standard InChI is InChI=1S/C24H29N3O3/c1-17-3-2-4-18(13-17)15-27-11-9-20(10-12-27)25-24(29)16-30-21-6-7-22-19(14-21)5-8-23(28)26-22/h2-4,6-7,13-14,20H,5,8-12,15-16H2,1H3,(H,25,29)(H,26,28). The molecule has 0 unspecified atom stereocenters. The summed E-state index contributed by atoms with van der Waals surface area (Å²) in [6.45, 7) is 5.06. The van der Waals surface area contributed by atoms with E-state index < -0.39 is 0 Å². The predicted molar refractivity (Wildman–Crippen MR) is 117 cm³/mol. The monoisotopic (exact) mass is 407 g/mol. The molecule has 2 aromatic carbocycles. The molecule has 2 aromatic rings. The zero-order valence-electron chi connectivity index (χ0n) is 17.4. The van der Waals surface area contributed by atoms with Crippen LogP contribution in [-0.2, 0) is 22.6 Å². The molecule has 2 aliphatic heterocycles. The van der Waals surface area contributed by atoms with Crippen LogP contribution in [0.15, 0.2) is 42.5 Å². The highest BCUT2D eigenvalue weighted by Gasteiger charge is 2.21. The molecule has 2 amide bonds. The molecule has 0 aromatic heterocycles. The number of hydrogen-bond donors (Lipinski definition) is 2. The Balaban J connectivity index is 1.19. The fraction of sp³-hybridized carbons (Fsp3) is 0.417. The molecule has 2 aliphatic rings. The third kappa shape index (κ3) is 5.39. The van der Waals surface area contributed by atoms with E-state index in [1.165, 1.54) is 11.1 Å². The molecule has 30 heavy (non-hydrogen) atoms. The topological polar surface area (TPSA) is 70.7 Å². The first-order chi connectivity index (χ1) is 14.5. The lowest BCUT2D eigenvalue weighted by atomic mass is 10.0. The summed E-state index contributed by atoms with van der Waals surface area (Å²) in [5, 5.41) is 5.95. The van der Waals surface area contributed by atoms with Gasteiger partial charge < -0.3 is 15.4 Å². The maximum Gasteiger partial charge on any atom is 0.258 e. The average molecular weight is 408 g/mol. The van der Waals surface area contributed by atoms with Crippen molar-refractivity contribution in [2.24, 2.45) is 0 Å². The van der Waals surface area contributed by atoms with Gasteiger partial charge in [0.25, 0.3) is 5.91 Å². The van der Waals surface area contributed by atoms with Gasteiger partial charge in [-0.15, -0.1) is 0 Å². The van der Waals surface area contributed by atoms with Crippen molar-refractivity contribution >= 4 is 17.5 Å². The fourth-order valence-electron chi connectivity index (χ4n) is 4.17. The summed E-state index contributed by atoms with van der Waals surface area (Å²) in [6, 6.07) is 14.4. The van der Waals surface area contributed by atoms with Crippen LogP contribution >= 0.6 is 0 Å². The van der Waals surface area contributed by atoms with E-state index in [2.05, 4.69) is 46.7 Å². The first-order valence-electron chi connectivity index (χ1n) is 10.7. The van der Waals surface area contributed by atoms with Gasteiger partial charge >= 0.3 is 0 Å². The number of ether oxygens (including phenoxy) is 1. The van der Waals surface area contributed by atoms with Crippen LogP contribution in [0.3, 0.4) is 0 Å². The Morgan fingerprint density at radius 3 is 2.80 bits per heavy atom. The van der Waals surface area contributed by atoms with Gasteiger partial charge in [-0.3, -0.25) is 14.5 Å². The Morgan fingerprint density at radius 1 is 1.17 bits per heavy atom. The van der Waals surface area contributed by atoms with Crippen LogP contribution in [0, 0.1) is 6.92 Å². The normalized spacial score (nSPS) is 17.2. The quantitative estimate of drug-likeness (QED) is 0.772. The van der Waals surface area contributed by atoms with Gasteiger partial charge in [-0.2, -0.15) is 0 Å². The van der Waals surface area contributed by atoms with E-state index in [1.54, 1.807) is 6.07 Å². The number of rotatable bonds is 6. The van der Waals surface area contributed by atoms with Crippen molar-refractivity contribution in [3.63, 3.8) is 0 Å². The van der Waals surface area contributed by atoms with Crippen molar-refractivity contribution in [3.05, 3.63) is 59.2 Å². The van der Waals surface area contributed by atoms with E-state index in [9.17, 15) is 9.59 Å². The molecule has 1 fully saturated rings. The summed E-state index contributed by atoms with van der Waals surface area (Å²) in [6.07, 6.45) is 3.09. The number of nitrogens with one attached hydrogen (secondary N) is 2. The fourth-order valence-corrected chi connectivity index (χ4v) is 4.17. The molecule has 2 heterocycles. The summed E-state index contributed by atoms with van der Waals surface area (Å²) in [4.78, 5) is 26.2. The number of carbonyl (C=O) groups is 2. The van der Waals surface area contributed by atoms with E-state index in [4.69, 9.17) is 4.74 Å². The van der Waals surface area contributed by atoms with Crippen LogP contribution in [-0.4, -0.2) is 42.5 Å². The largest absolute Gasteiger partial charge is 0.484 e. The highest BCUT2D eigenvalue weighted by molar-refractivity contribution is 5.94. The molecule has 0 spiro atoms. The summed E-state index contributed by atoms with van der Waals surface area (Å²) in [5.74, 6) is 0.617. The summed E-state index contributed by atoms with van der Waals surface area (Å²) in [5.41, 5.74) is 4.52. The molecule has 0 saturated carbocycles. The van der Waals surface area contributed by atoms with Crippen molar-refractivity contribution in [2.45, 2.75) is 45.2 Å². The number of fused-ring (bicyclic) bond motifs is 1. The first kappa shape index (κ1) is 20.4. The molecule has 0 radical (unpaired) electrons. The van der Waals surface area contributed by atoms with Crippen molar-refractivity contribution < 1.29 is 14.3 Å². The molecular weight excluding hydrogens is 378 g/mol. The van der Waals surface area contributed by atoms with Crippen molar-refractivity contribution in [2.75, 3.05) is 25.0 Å². The second-order valence-electron chi connectivity index (χ2n) is 8.26. The highest BCUT2D eigenvalue weighted by Crippen LogP contribution is 2.26. The number of piperidine rings is 1. The minimum atomic E-state index is -0.0850. The number of aryl methyl sites for hydroxylation is 2. The molecule has 0 bridgehead atoms. The maximum absolute atomic E-state index is 12.3. The van der Waals surface area contributed by atoms with Crippen LogP contribution in [0.5, 0.6) is 5.75 Å². The molecule has 158 valence electrons. The first-order valence-corrected chi connectivity index (χ1v) is 10.7. The SMILES string of the molecule is Cc1cccc(CN2CCC(NC(=O)COc3ccc4c(c3)CCC(=O)N4)CC2)c1. The van der Waals surface area contributed by atoms with E-state index in [0.29, 0.717) is 18.6 Å². The van der Waals surface area contributed by atoms with Gasteiger partial charge in [0.2, 0.25) is 5.91 Å². The molecule has 6 nitrogen and oxygen atoms in total. The second kappa shape index (κ2) is 9.30. The van der Waals surface area contributed by atoms with E-state index in [1.807, 2.05) is 12.1 Å². The van der Waals surface area contributed by atoms with Crippen LogP contribution in [0.1, 0.15) is 36.0 Å². The van der Waals surface area contributed by atoms with Gasteiger partial charge in [0.15, 0.2) is 6.61 Å². The lowest BCUT2D eigenvalue weighted by Gasteiger charge is -2.32. The third-order valence-corrected chi connectivity index (χ3v) is 5.78.